The number of hydrogen-bond donors (Lipinski definition) is 2. The normalized spacial score (nSPS) is 10.3. The molecule has 1 heterocycles. The van der Waals surface area contributed by atoms with Gasteiger partial charge in [-0.3, -0.25) is 0 Å². The van der Waals surface area contributed by atoms with Crippen molar-refractivity contribution in [3.63, 3.8) is 0 Å². The van der Waals surface area contributed by atoms with E-state index in [1.165, 1.54) is 0 Å². The number of methoxy groups -OCH3 is 2. The molecule has 0 radical (unpaired) electrons. The summed E-state index contributed by atoms with van der Waals surface area (Å²) in [6.45, 7) is 1.35. The quantitative estimate of drug-likeness (QED) is 0.603. The van der Waals surface area contributed by atoms with Crippen LogP contribution in [-0.2, 0) is 13.0 Å². The Morgan fingerprint density at radius 1 is 0.815 bits per heavy atom. The average Bonchev–Trinajstić information content (AvgIpc) is 2.73. The molecule has 0 aliphatic rings. The molecular weight excluding hydrogens is 340 g/mol. The summed E-state index contributed by atoms with van der Waals surface area (Å²) in [5, 5.41) is 6.57. The summed E-state index contributed by atoms with van der Waals surface area (Å²) in [6, 6.07) is 17.8. The van der Waals surface area contributed by atoms with Crippen LogP contribution in [0.1, 0.15) is 11.1 Å². The van der Waals surface area contributed by atoms with Crippen molar-refractivity contribution in [2.24, 2.45) is 0 Å². The summed E-state index contributed by atoms with van der Waals surface area (Å²) in [6.07, 6.45) is 2.58. The van der Waals surface area contributed by atoms with E-state index >= 15 is 0 Å². The Kier molecular flexibility index (Phi) is 6.46. The fraction of sp³-hybridized carbons (Fsp3) is 0.238. The smallest absolute Gasteiger partial charge is 0.224 e. The summed E-state index contributed by atoms with van der Waals surface area (Å²) in [5.74, 6) is 3.10. The second-order valence-corrected chi connectivity index (χ2v) is 5.92. The molecule has 0 aliphatic heterocycles. The third kappa shape index (κ3) is 5.10. The average molecular weight is 364 g/mol. The zero-order valence-electron chi connectivity index (χ0n) is 15.6. The van der Waals surface area contributed by atoms with E-state index in [4.69, 9.17) is 9.47 Å². The van der Waals surface area contributed by atoms with E-state index in [0.29, 0.717) is 12.5 Å². The largest absolute Gasteiger partial charge is 0.496 e. The van der Waals surface area contributed by atoms with Crippen LogP contribution in [0.15, 0.2) is 60.8 Å². The van der Waals surface area contributed by atoms with Gasteiger partial charge >= 0.3 is 0 Å². The highest BCUT2D eigenvalue weighted by Crippen LogP contribution is 2.19. The molecular formula is C21H24N4O2. The maximum Gasteiger partial charge on any atom is 0.224 e. The molecule has 0 saturated heterocycles. The topological polar surface area (TPSA) is 68.3 Å². The lowest BCUT2D eigenvalue weighted by Gasteiger charge is -2.11. The minimum absolute atomic E-state index is 0.572. The maximum absolute atomic E-state index is 5.39. The van der Waals surface area contributed by atoms with Crippen molar-refractivity contribution in [2.75, 3.05) is 31.4 Å². The summed E-state index contributed by atoms with van der Waals surface area (Å²) in [7, 11) is 3.36. The number of aromatic nitrogens is 2. The summed E-state index contributed by atoms with van der Waals surface area (Å²) in [5.41, 5.74) is 2.22. The van der Waals surface area contributed by atoms with E-state index in [2.05, 4.69) is 26.7 Å². The van der Waals surface area contributed by atoms with Crippen LogP contribution < -0.4 is 20.1 Å². The molecule has 2 aromatic carbocycles. The van der Waals surface area contributed by atoms with Gasteiger partial charge in [0.1, 0.15) is 17.3 Å². The minimum atomic E-state index is 0.572. The molecule has 6 heteroatoms. The van der Waals surface area contributed by atoms with E-state index in [9.17, 15) is 0 Å². The summed E-state index contributed by atoms with van der Waals surface area (Å²) < 4.78 is 10.8. The number of nitrogens with zero attached hydrogens (tertiary/aromatic N) is 2. The Morgan fingerprint density at radius 2 is 1.48 bits per heavy atom. The van der Waals surface area contributed by atoms with Crippen molar-refractivity contribution in [3.05, 3.63) is 71.9 Å². The Balaban J connectivity index is 1.56. The van der Waals surface area contributed by atoms with Gasteiger partial charge in [0.05, 0.1) is 14.2 Å². The highest BCUT2D eigenvalue weighted by molar-refractivity contribution is 5.42. The highest BCUT2D eigenvalue weighted by Gasteiger charge is 2.05. The SMILES string of the molecule is COc1ccccc1CCNc1ccnc(NCc2ccccc2OC)n1. The highest BCUT2D eigenvalue weighted by atomic mass is 16.5. The zero-order chi connectivity index (χ0) is 18.9. The Morgan fingerprint density at radius 3 is 2.22 bits per heavy atom. The molecule has 0 fully saturated rings. The molecule has 0 spiro atoms. The maximum atomic E-state index is 5.39. The van der Waals surface area contributed by atoms with E-state index < -0.39 is 0 Å². The van der Waals surface area contributed by atoms with Crippen molar-refractivity contribution in [2.45, 2.75) is 13.0 Å². The molecule has 0 atom stereocenters. The van der Waals surface area contributed by atoms with Crippen LogP contribution in [0.5, 0.6) is 11.5 Å². The fourth-order valence-corrected chi connectivity index (χ4v) is 2.80. The molecule has 0 bridgehead atoms. The van der Waals surface area contributed by atoms with Crippen LogP contribution in [0.2, 0.25) is 0 Å². The Labute approximate surface area is 159 Å². The number of hydrogen-bond acceptors (Lipinski definition) is 6. The number of ether oxygens (including phenoxy) is 2. The van der Waals surface area contributed by atoms with E-state index in [-0.39, 0.29) is 0 Å². The van der Waals surface area contributed by atoms with Crippen LogP contribution in [0.3, 0.4) is 0 Å². The van der Waals surface area contributed by atoms with Crippen LogP contribution in [0.25, 0.3) is 0 Å². The van der Waals surface area contributed by atoms with Crippen LogP contribution >= 0.6 is 0 Å². The Bertz CT molecular complexity index is 870. The Hall–Kier alpha value is -3.28. The monoisotopic (exact) mass is 364 g/mol. The standard InChI is InChI=1S/C21H24N4O2/c1-26-18-9-5-3-7-16(18)11-13-22-20-12-14-23-21(25-20)24-15-17-8-4-6-10-19(17)27-2/h3-10,12,14H,11,13,15H2,1-2H3,(H2,22,23,24,25). The fourth-order valence-electron chi connectivity index (χ4n) is 2.80. The van der Waals surface area contributed by atoms with Gasteiger partial charge in [0, 0.05) is 24.8 Å². The van der Waals surface area contributed by atoms with Gasteiger partial charge in [-0.1, -0.05) is 36.4 Å². The molecule has 0 saturated carbocycles. The lowest BCUT2D eigenvalue weighted by Crippen LogP contribution is -2.10. The first-order valence-corrected chi connectivity index (χ1v) is 8.84. The van der Waals surface area contributed by atoms with E-state index in [1.54, 1.807) is 20.4 Å². The second-order valence-electron chi connectivity index (χ2n) is 5.92. The molecule has 6 nitrogen and oxygen atoms in total. The van der Waals surface area contributed by atoms with Crippen molar-refractivity contribution in [1.29, 1.82) is 0 Å². The van der Waals surface area contributed by atoms with Crippen molar-refractivity contribution >= 4 is 11.8 Å². The van der Waals surface area contributed by atoms with Crippen molar-refractivity contribution in [3.8, 4) is 11.5 Å². The van der Waals surface area contributed by atoms with Crippen molar-refractivity contribution < 1.29 is 9.47 Å². The predicted octanol–water partition coefficient (Wildman–Crippen LogP) is 3.76. The van der Waals surface area contributed by atoms with Gasteiger partial charge in [-0.05, 0) is 30.2 Å². The first kappa shape index (κ1) is 18.5. The minimum Gasteiger partial charge on any atom is -0.496 e. The molecule has 140 valence electrons. The molecule has 3 aromatic rings. The molecule has 0 aliphatic carbocycles. The molecule has 2 N–H and O–H groups in total. The van der Waals surface area contributed by atoms with Gasteiger partial charge in [-0.15, -0.1) is 0 Å². The van der Waals surface area contributed by atoms with Crippen molar-refractivity contribution in [1.82, 2.24) is 9.97 Å². The van der Waals surface area contributed by atoms with Gasteiger partial charge < -0.3 is 20.1 Å². The van der Waals surface area contributed by atoms with Gasteiger partial charge in [-0.25, -0.2) is 4.98 Å². The van der Waals surface area contributed by atoms with Gasteiger partial charge in [0.15, 0.2) is 0 Å². The van der Waals surface area contributed by atoms with Crippen LogP contribution in [-0.4, -0.2) is 30.7 Å². The molecule has 3 rings (SSSR count). The third-order valence-corrected chi connectivity index (χ3v) is 4.18. The zero-order valence-corrected chi connectivity index (χ0v) is 15.6. The first-order valence-electron chi connectivity index (χ1n) is 8.84. The molecule has 0 amide bonds. The number of rotatable bonds is 9. The number of nitrogens with one attached hydrogen (secondary N) is 2. The lowest BCUT2D eigenvalue weighted by atomic mass is 10.1. The lowest BCUT2D eigenvalue weighted by molar-refractivity contribution is 0.410. The van der Waals surface area contributed by atoms with E-state index in [1.807, 2.05) is 48.5 Å². The van der Waals surface area contributed by atoms with Crippen LogP contribution in [0, 0.1) is 0 Å². The molecule has 27 heavy (non-hydrogen) atoms. The summed E-state index contributed by atoms with van der Waals surface area (Å²) in [4.78, 5) is 8.79. The number of para-hydroxylation sites is 2. The molecule has 1 aromatic heterocycles. The van der Waals surface area contributed by atoms with Gasteiger partial charge in [0.2, 0.25) is 5.95 Å². The van der Waals surface area contributed by atoms with Crippen LogP contribution in [0.4, 0.5) is 11.8 Å². The molecule has 0 unspecified atom stereocenters. The van der Waals surface area contributed by atoms with Gasteiger partial charge in [0.25, 0.3) is 0 Å². The number of anilines is 2. The second kappa shape index (κ2) is 9.43. The summed E-state index contributed by atoms with van der Waals surface area (Å²) >= 11 is 0. The van der Waals surface area contributed by atoms with Gasteiger partial charge in [-0.2, -0.15) is 4.98 Å². The number of benzene rings is 2. The predicted molar refractivity (Wildman–Crippen MR) is 108 cm³/mol. The first-order chi connectivity index (χ1) is 13.3. The van der Waals surface area contributed by atoms with E-state index in [0.717, 1.165) is 41.4 Å². The third-order valence-electron chi connectivity index (χ3n) is 4.18.